The zero-order chi connectivity index (χ0) is 21.5. The molecule has 6 nitrogen and oxygen atoms in total. The Bertz CT molecular complexity index is 1020. The largest absolute Gasteiger partial charge is 0.384 e. The number of hydrogen-bond acceptors (Lipinski definition) is 4. The van der Waals surface area contributed by atoms with Crippen LogP contribution in [0.5, 0.6) is 0 Å². The number of nitrogens with two attached hydrogens (primary N) is 1. The highest BCUT2D eigenvalue weighted by atomic mass is 19.1. The van der Waals surface area contributed by atoms with Crippen molar-refractivity contribution in [3.63, 3.8) is 0 Å². The first-order valence-corrected chi connectivity index (χ1v) is 9.55. The molecule has 2 aromatic carbocycles. The van der Waals surface area contributed by atoms with Gasteiger partial charge < -0.3 is 16.4 Å². The molecule has 0 aliphatic heterocycles. The van der Waals surface area contributed by atoms with Crippen LogP contribution < -0.4 is 16.4 Å². The molecular weight excluding hydrogens is 383 g/mol. The van der Waals surface area contributed by atoms with Gasteiger partial charge in [-0.3, -0.25) is 9.59 Å². The molecular formula is C23H23FN4O2. The summed E-state index contributed by atoms with van der Waals surface area (Å²) in [6, 6.07) is 16.7. The lowest BCUT2D eigenvalue weighted by molar-refractivity contribution is 0.0948. The van der Waals surface area contributed by atoms with Gasteiger partial charge in [0.2, 0.25) is 0 Å². The number of nitrogens with one attached hydrogen (secondary N) is 2. The van der Waals surface area contributed by atoms with Gasteiger partial charge in [-0.2, -0.15) is 0 Å². The number of carbonyl (C=O) groups is 2. The van der Waals surface area contributed by atoms with Crippen LogP contribution in [0.25, 0.3) is 0 Å². The fourth-order valence-electron chi connectivity index (χ4n) is 3.25. The fourth-order valence-corrected chi connectivity index (χ4v) is 3.25. The number of benzene rings is 2. The zero-order valence-corrected chi connectivity index (χ0v) is 16.6. The van der Waals surface area contributed by atoms with Crippen LogP contribution in [0.4, 0.5) is 10.2 Å². The van der Waals surface area contributed by atoms with Crippen LogP contribution in [0.1, 0.15) is 44.2 Å². The molecule has 154 valence electrons. The topological polar surface area (TPSA) is 97.1 Å². The van der Waals surface area contributed by atoms with Crippen molar-refractivity contribution in [2.24, 2.45) is 0 Å². The fraction of sp³-hybridized carbons (Fsp3) is 0.174. The second-order valence-corrected chi connectivity index (χ2v) is 6.82. The number of anilines is 1. The van der Waals surface area contributed by atoms with E-state index in [9.17, 15) is 14.0 Å². The van der Waals surface area contributed by atoms with Gasteiger partial charge in [0.25, 0.3) is 11.8 Å². The van der Waals surface area contributed by atoms with Gasteiger partial charge in [0.15, 0.2) is 0 Å². The molecule has 3 aromatic rings. The standard InChI is InChI=1S/C23H23FN4O2/c1-26-22(29)17-4-2-15(3-5-17)20(16-6-8-19(24)9-7-16)11-13-28-23(30)18-10-12-27-21(25)14-18/h2-10,12,14,20H,11,13H2,1H3,(H2,25,27)(H,26,29)(H,28,30). The van der Waals surface area contributed by atoms with Crippen molar-refractivity contribution in [2.75, 3.05) is 19.3 Å². The third-order valence-electron chi connectivity index (χ3n) is 4.84. The minimum Gasteiger partial charge on any atom is -0.384 e. The summed E-state index contributed by atoms with van der Waals surface area (Å²) < 4.78 is 13.4. The monoisotopic (exact) mass is 406 g/mol. The van der Waals surface area contributed by atoms with Gasteiger partial charge in [0.05, 0.1) is 0 Å². The van der Waals surface area contributed by atoms with E-state index in [1.807, 2.05) is 12.1 Å². The predicted molar refractivity (Wildman–Crippen MR) is 114 cm³/mol. The molecule has 2 amide bonds. The van der Waals surface area contributed by atoms with Crippen LogP contribution in [0.2, 0.25) is 0 Å². The molecule has 0 bridgehead atoms. The van der Waals surface area contributed by atoms with Gasteiger partial charge >= 0.3 is 0 Å². The van der Waals surface area contributed by atoms with Crippen molar-refractivity contribution in [1.29, 1.82) is 0 Å². The maximum Gasteiger partial charge on any atom is 0.251 e. The van der Waals surface area contributed by atoms with Crippen LogP contribution in [-0.2, 0) is 0 Å². The summed E-state index contributed by atoms with van der Waals surface area (Å²) >= 11 is 0. The second-order valence-electron chi connectivity index (χ2n) is 6.82. The summed E-state index contributed by atoms with van der Waals surface area (Å²) in [5.41, 5.74) is 8.52. The lowest BCUT2D eigenvalue weighted by atomic mass is 9.88. The lowest BCUT2D eigenvalue weighted by Gasteiger charge is -2.19. The molecule has 1 atom stereocenters. The highest BCUT2D eigenvalue weighted by Gasteiger charge is 2.16. The molecule has 0 spiro atoms. The van der Waals surface area contributed by atoms with Crippen molar-refractivity contribution in [3.8, 4) is 0 Å². The third kappa shape index (κ3) is 5.20. The molecule has 1 heterocycles. The Morgan fingerprint density at radius 2 is 1.60 bits per heavy atom. The van der Waals surface area contributed by atoms with Crippen LogP contribution >= 0.6 is 0 Å². The molecule has 1 unspecified atom stereocenters. The normalized spacial score (nSPS) is 11.5. The summed E-state index contributed by atoms with van der Waals surface area (Å²) in [5.74, 6) is -0.507. The average Bonchev–Trinajstić information content (AvgIpc) is 2.77. The van der Waals surface area contributed by atoms with Gasteiger partial charge in [-0.15, -0.1) is 0 Å². The maximum atomic E-state index is 13.4. The van der Waals surface area contributed by atoms with Crippen molar-refractivity contribution in [1.82, 2.24) is 15.6 Å². The van der Waals surface area contributed by atoms with Gasteiger partial charge in [-0.25, -0.2) is 9.37 Å². The van der Waals surface area contributed by atoms with Crippen LogP contribution in [0, 0.1) is 5.82 Å². The molecule has 1 aromatic heterocycles. The lowest BCUT2D eigenvalue weighted by Crippen LogP contribution is -2.26. The Hall–Kier alpha value is -3.74. The number of hydrogen-bond donors (Lipinski definition) is 3. The van der Waals surface area contributed by atoms with Crippen molar-refractivity contribution >= 4 is 17.6 Å². The Morgan fingerprint density at radius 1 is 0.967 bits per heavy atom. The summed E-state index contributed by atoms with van der Waals surface area (Å²) in [6.45, 7) is 0.403. The van der Waals surface area contributed by atoms with E-state index < -0.39 is 0 Å². The first-order chi connectivity index (χ1) is 14.5. The Kier molecular flexibility index (Phi) is 6.75. The Morgan fingerprint density at radius 3 is 2.20 bits per heavy atom. The highest BCUT2D eigenvalue weighted by Crippen LogP contribution is 2.28. The van der Waals surface area contributed by atoms with E-state index >= 15 is 0 Å². The molecule has 0 saturated carbocycles. The van der Waals surface area contributed by atoms with Gasteiger partial charge in [0, 0.05) is 36.8 Å². The smallest absolute Gasteiger partial charge is 0.251 e. The minimum absolute atomic E-state index is 0.0767. The molecule has 0 aliphatic rings. The molecule has 0 fully saturated rings. The summed E-state index contributed by atoms with van der Waals surface area (Å²) in [7, 11) is 1.58. The number of carbonyl (C=O) groups excluding carboxylic acids is 2. The van der Waals surface area contributed by atoms with E-state index in [4.69, 9.17) is 5.73 Å². The maximum absolute atomic E-state index is 13.4. The molecule has 0 aliphatic carbocycles. The average molecular weight is 406 g/mol. The number of amides is 2. The molecule has 0 radical (unpaired) electrons. The van der Waals surface area contributed by atoms with Crippen molar-refractivity contribution in [3.05, 3.63) is 94.9 Å². The van der Waals surface area contributed by atoms with Gasteiger partial charge in [-0.1, -0.05) is 24.3 Å². The SMILES string of the molecule is CNC(=O)c1ccc(C(CCNC(=O)c2ccnc(N)c2)c2ccc(F)cc2)cc1. The van der Waals surface area contributed by atoms with Crippen molar-refractivity contribution < 1.29 is 14.0 Å². The number of pyridine rings is 1. The molecule has 4 N–H and O–H groups in total. The van der Waals surface area contributed by atoms with Crippen LogP contribution in [0.15, 0.2) is 66.9 Å². The first kappa shape index (κ1) is 21.0. The van der Waals surface area contributed by atoms with Crippen molar-refractivity contribution in [2.45, 2.75) is 12.3 Å². The van der Waals surface area contributed by atoms with Gasteiger partial charge in [-0.05, 0) is 53.9 Å². The van der Waals surface area contributed by atoms with Crippen LogP contribution in [0.3, 0.4) is 0 Å². The van der Waals surface area contributed by atoms with E-state index in [2.05, 4.69) is 15.6 Å². The number of nitrogen functional groups attached to an aromatic ring is 1. The predicted octanol–water partition coefficient (Wildman–Crippen LogP) is 3.11. The number of nitrogens with zero attached hydrogens (tertiary/aromatic N) is 1. The highest BCUT2D eigenvalue weighted by molar-refractivity contribution is 5.94. The number of aromatic nitrogens is 1. The van der Waals surface area contributed by atoms with E-state index in [1.165, 1.54) is 24.4 Å². The summed E-state index contributed by atoms with van der Waals surface area (Å²) in [5, 5.41) is 5.48. The van der Waals surface area contributed by atoms with E-state index in [0.29, 0.717) is 24.1 Å². The Balaban J connectivity index is 1.75. The quantitative estimate of drug-likeness (QED) is 0.562. The summed E-state index contributed by atoms with van der Waals surface area (Å²) in [4.78, 5) is 28.0. The van der Waals surface area contributed by atoms with E-state index in [1.54, 1.807) is 37.4 Å². The molecule has 30 heavy (non-hydrogen) atoms. The number of rotatable bonds is 7. The molecule has 0 saturated heterocycles. The first-order valence-electron chi connectivity index (χ1n) is 9.55. The van der Waals surface area contributed by atoms with Gasteiger partial charge in [0.1, 0.15) is 11.6 Å². The molecule has 7 heteroatoms. The Labute approximate surface area is 174 Å². The summed E-state index contributed by atoms with van der Waals surface area (Å²) in [6.07, 6.45) is 2.08. The molecule has 3 rings (SSSR count). The number of halogens is 1. The van der Waals surface area contributed by atoms with E-state index in [-0.39, 0.29) is 29.4 Å². The second kappa shape index (κ2) is 9.65. The minimum atomic E-state index is -0.309. The van der Waals surface area contributed by atoms with Crippen LogP contribution in [-0.4, -0.2) is 30.4 Å². The van der Waals surface area contributed by atoms with E-state index in [0.717, 1.165) is 11.1 Å². The third-order valence-corrected chi connectivity index (χ3v) is 4.84. The zero-order valence-electron chi connectivity index (χ0n) is 16.6.